The SMILES string of the molecule is CCOC(=O)C1=C(C)N=c2sc(=Cc3cc(Br)c(N(CC)CC)cc3OC)c(=O)n2[C@H]1c1ccc(OC)cc1OC. The minimum atomic E-state index is -0.813. The van der Waals surface area contributed by atoms with E-state index >= 15 is 0 Å². The van der Waals surface area contributed by atoms with Crippen molar-refractivity contribution in [3.63, 3.8) is 0 Å². The van der Waals surface area contributed by atoms with E-state index in [1.54, 1.807) is 52.3 Å². The lowest BCUT2D eigenvalue weighted by Gasteiger charge is -2.26. The summed E-state index contributed by atoms with van der Waals surface area (Å²) >= 11 is 4.94. The maximum Gasteiger partial charge on any atom is 0.338 e. The third-order valence-corrected chi connectivity index (χ3v) is 8.56. The first kappa shape index (κ1) is 30.4. The van der Waals surface area contributed by atoms with Crippen molar-refractivity contribution in [2.24, 2.45) is 4.99 Å². The molecule has 0 fully saturated rings. The van der Waals surface area contributed by atoms with Gasteiger partial charge in [-0.25, -0.2) is 9.79 Å². The van der Waals surface area contributed by atoms with Crippen LogP contribution < -0.4 is 34.0 Å². The van der Waals surface area contributed by atoms with Crippen molar-refractivity contribution in [1.82, 2.24) is 4.57 Å². The fraction of sp³-hybridized carbons (Fsp3) is 0.367. The zero-order chi connectivity index (χ0) is 29.8. The van der Waals surface area contributed by atoms with Crippen molar-refractivity contribution in [3.8, 4) is 17.2 Å². The molecule has 11 heteroatoms. The van der Waals surface area contributed by atoms with Crippen molar-refractivity contribution >= 4 is 45.0 Å². The van der Waals surface area contributed by atoms with Gasteiger partial charge in [-0.1, -0.05) is 11.3 Å². The van der Waals surface area contributed by atoms with Crippen LogP contribution in [-0.4, -0.2) is 51.6 Å². The van der Waals surface area contributed by atoms with Crippen molar-refractivity contribution in [3.05, 3.63) is 76.9 Å². The van der Waals surface area contributed by atoms with E-state index in [9.17, 15) is 9.59 Å². The van der Waals surface area contributed by atoms with Crippen LogP contribution in [0.15, 0.2) is 55.9 Å². The maximum atomic E-state index is 14.1. The number of benzene rings is 2. The molecular weight excluding hydrogens is 610 g/mol. The van der Waals surface area contributed by atoms with Crippen LogP contribution in [-0.2, 0) is 9.53 Å². The molecule has 1 aliphatic rings. The molecule has 2 aromatic carbocycles. The zero-order valence-corrected chi connectivity index (χ0v) is 26.6. The van der Waals surface area contributed by atoms with Gasteiger partial charge >= 0.3 is 5.97 Å². The minimum Gasteiger partial charge on any atom is -0.497 e. The normalized spacial score (nSPS) is 14.8. The summed E-state index contributed by atoms with van der Waals surface area (Å²) in [6.07, 6.45) is 1.80. The predicted molar refractivity (Wildman–Crippen MR) is 164 cm³/mol. The number of anilines is 1. The summed E-state index contributed by atoms with van der Waals surface area (Å²) in [7, 11) is 4.71. The van der Waals surface area contributed by atoms with Gasteiger partial charge in [0.1, 0.15) is 23.3 Å². The maximum absolute atomic E-state index is 14.1. The van der Waals surface area contributed by atoms with Gasteiger partial charge in [0, 0.05) is 40.8 Å². The molecule has 3 aromatic rings. The molecule has 2 heterocycles. The number of halogens is 1. The second-order valence-electron chi connectivity index (χ2n) is 9.13. The monoisotopic (exact) mass is 643 g/mol. The van der Waals surface area contributed by atoms with Crippen LogP contribution in [0.25, 0.3) is 6.08 Å². The lowest BCUT2D eigenvalue weighted by atomic mass is 9.95. The van der Waals surface area contributed by atoms with E-state index in [0.29, 0.717) is 37.8 Å². The number of thiazole rings is 1. The van der Waals surface area contributed by atoms with E-state index in [1.807, 2.05) is 12.1 Å². The largest absolute Gasteiger partial charge is 0.497 e. The Kier molecular flexibility index (Phi) is 9.60. The third kappa shape index (κ3) is 5.78. The highest BCUT2D eigenvalue weighted by Crippen LogP contribution is 2.38. The number of hydrogen-bond donors (Lipinski definition) is 0. The van der Waals surface area contributed by atoms with E-state index in [2.05, 4.69) is 39.7 Å². The van der Waals surface area contributed by atoms with Crippen LogP contribution in [0.5, 0.6) is 17.2 Å². The number of carbonyl (C=O) groups is 1. The second-order valence-corrected chi connectivity index (χ2v) is 11.0. The molecule has 0 radical (unpaired) electrons. The highest BCUT2D eigenvalue weighted by molar-refractivity contribution is 9.10. The lowest BCUT2D eigenvalue weighted by Crippen LogP contribution is -2.40. The molecule has 0 spiro atoms. The average molecular weight is 645 g/mol. The van der Waals surface area contributed by atoms with E-state index < -0.39 is 12.0 Å². The molecule has 4 rings (SSSR count). The van der Waals surface area contributed by atoms with Crippen LogP contribution in [0.3, 0.4) is 0 Å². The number of hydrogen-bond acceptors (Lipinski definition) is 9. The summed E-state index contributed by atoms with van der Waals surface area (Å²) in [6.45, 7) is 9.54. The number of carbonyl (C=O) groups excluding carboxylic acids is 1. The quantitative estimate of drug-likeness (QED) is 0.302. The third-order valence-electron chi connectivity index (χ3n) is 6.94. The van der Waals surface area contributed by atoms with Gasteiger partial charge in [-0.05, 0) is 67.9 Å². The standard InChI is InChI=1S/C30H34BrN3O6S/c1-8-33(9-2)22-16-23(38-6)18(13-21(22)31)14-25-28(35)34-27(20-12-11-19(37-5)15-24(20)39-7)26(29(36)40-10-3)17(4)32-30(34)41-25/h11-16,27H,8-10H2,1-7H3/t27-/m0/s1. The van der Waals surface area contributed by atoms with Gasteiger partial charge in [0.2, 0.25) is 0 Å². The highest BCUT2D eigenvalue weighted by Gasteiger charge is 2.35. The van der Waals surface area contributed by atoms with Gasteiger partial charge in [-0.2, -0.15) is 0 Å². The molecule has 0 saturated heterocycles. The average Bonchev–Trinajstić information content (AvgIpc) is 3.27. The first-order valence-electron chi connectivity index (χ1n) is 13.3. The molecule has 0 saturated carbocycles. The fourth-order valence-electron chi connectivity index (χ4n) is 4.93. The van der Waals surface area contributed by atoms with Crippen molar-refractivity contribution in [1.29, 1.82) is 0 Å². The Morgan fingerprint density at radius 3 is 2.39 bits per heavy atom. The van der Waals surface area contributed by atoms with Crippen molar-refractivity contribution in [2.45, 2.75) is 33.7 Å². The summed E-state index contributed by atoms with van der Waals surface area (Å²) in [5.41, 5.74) is 2.81. The topological polar surface area (TPSA) is 91.6 Å². The Hall–Kier alpha value is -3.57. The van der Waals surface area contributed by atoms with Gasteiger partial charge in [0.15, 0.2) is 4.80 Å². The molecule has 1 aromatic heterocycles. The lowest BCUT2D eigenvalue weighted by molar-refractivity contribution is -0.139. The van der Waals surface area contributed by atoms with E-state index in [4.69, 9.17) is 18.9 Å². The summed E-state index contributed by atoms with van der Waals surface area (Å²) < 4.78 is 25.1. The Bertz CT molecular complexity index is 1670. The van der Waals surface area contributed by atoms with E-state index in [-0.39, 0.29) is 17.7 Å². The van der Waals surface area contributed by atoms with Gasteiger partial charge in [0.25, 0.3) is 5.56 Å². The number of nitrogens with zero attached hydrogens (tertiary/aromatic N) is 3. The van der Waals surface area contributed by atoms with Gasteiger partial charge < -0.3 is 23.8 Å². The molecule has 9 nitrogen and oxygen atoms in total. The smallest absolute Gasteiger partial charge is 0.338 e. The molecule has 0 bridgehead atoms. The molecule has 1 atom stereocenters. The summed E-state index contributed by atoms with van der Waals surface area (Å²) in [5.74, 6) is 1.15. The Labute approximate surface area is 251 Å². The van der Waals surface area contributed by atoms with E-state index in [1.165, 1.54) is 23.0 Å². The van der Waals surface area contributed by atoms with Gasteiger partial charge in [-0.3, -0.25) is 9.36 Å². The number of methoxy groups -OCH3 is 3. The fourth-order valence-corrected chi connectivity index (χ4v) is 6.57. The first-order chi connectivity index (χ1) is 19.7. The summed E-state index contributed by atoms with van der Waals surface area (Å²) in [4.78, 5) is 34.7. The Balaban J connectivity index is 1.97. The first-order valence-corrected chi connectivity index (χ1v) is 14.9. The Morgan fingerprint density at radius 2 is 1.78 bits per heavy atom. The minimum absolute atomic E-state index is 0.185. The van der Waals surface area contributed by atoms with Gasteiger partial charge in [-0.15, -0.1) is 0 Å². The van der Waals surface area contributed by atoms with Crippen LogP contribution in [0, 0.1) is 0 Å². The van der Waals surface area contributed by atoms with Crippen molar-refractivity contribution < 1.29 is 23.7 Å². The number of rotatable bonds is 10. The number of esters is 1. The molecule has 0 aliphatic carbocycles. The number of ether oxygens (including phenoxy) is 4. The molecule has 218 valence electrons. The highest BCUT2D eigenvalue weighted by atomic mass is 79.9. The van der Waals surface area contributed by atoms with Crippen LogP contribution in [0.2, 0.25) is 0 Å². The molecule has 0 amide bonds. The summed E-state index contributed by atoms with van der Waals surface area (Å²) in [5, 5.41) is 0. The van der Waals surface area contributed by atoms with Crippen LogP contribution in [0.1, 0.15) is 44.9 Å². The second kappa shape index (κ2) is 12.9. The molecule has 0 N–H and O–H groups in total. The number of aromatic nitrogens is 1. The Morgan fingerprint density at radius 1 is 1.07 bits per heavy atom. The molecule has 41 heavy (non-hydrogen) atoms. The molecule has 1 aliphatic heterocycles. The van der Waals surface area contributed by atoms with E-state index in [0.717, 1.165) is 28.8 Å². The number of fused-ring (bicyclic) bond motifs is 1. The molecule has 0 unspecified atom stereocenters. The number of allylic oxidation sites excluding steroid dienone is 1. The predicted octanol–water partition coefficient (Wildman–Crippen LogP) is 4.43. The molecular formula is C30H34BrN3O6S. The van der Waals surface area contributed by atoms with Gasteiger partial charge in [0.05, 0.1) is 49.4 Å². The van der Waals surface area contributed by atoms with Crippen molar-refractivity contribution in [2.75, 3.05) is 45.9 Å². The summed E-state index contributed by atoms with van der Waals surface area (Å²) in [6, 6.07) is 8.39. The van der Waals surface area contributed by atoms with Crippen LogP contribution in [0.4, 0.5) is 5.69 Å². The zero-order valence-electron chi connectivity index (χ0n) is 24.2. The van der Waals surface area contributed by atoms with Crippen LogP contribution >= 0.6 is 27.3 Å².